The highest BCUT2D eigenvalue weighted by molar-refractivity contribution is 6.34. The number of benzene rings is 2. The molecule has 0 aliphatic carbocycles. The number of nitrogens with zero attached hydrogens (tertiary/aromatic N) is 2. The van der Waals surface area contributed by atoms with E-state index in [1.54, 1.807) is 11.1 Å². The Morgan fingerprint density at radius 1 is 1.15 bits per heavy atom. The summed E-state index contributed by atoms with van der Waals surface area (Å²) in [7, 11) is 0. The number of carbonyl (C=O) groups excluding carboxylic acids is 1. The molecule has 132 valence electrons. The average molecular weight is 365 g/mol. The molecule has 2 aromatic carbocycles. The molecule has 3 aromatic rings. The van der Waals surface area contributed by atoms with Crippen molar-refractivity contribution in [1.29, 1.82) is 0 Å². The van der Waals surface area contributed by atoms with E-state index in [2.05, 4.69) is 25.8 Å². The number of aromatic nitrogens is 1. The minimum atomic E-state index is -0.290. The summed E-state index contributed by atoms with van der Waals surface area (Å²) < 4.78 is 0. The summed E-state index contributed by atoms with van der Waals surface area (Å²) >= 11 is 6.60. The fraction of sp³-hybridized carbons (Fsp3) is 0.273. The molecule has 0 radical (unpaired) electrons. The molecular weight excluding hydrogens is 344 g/mol. The van der Waals surface area contributed by atoms with Gasteiger partial charge in [0.1, 0.15) is 0 Å². The molecule has 0 spiro atoms. The van der Waals surface area contributed by atoms with Gasteiger partial charge >= 0.3 is 0 Å². The maximum Gasteiger partial charge on any atom is 0.235 e. The Labute approximate surface area is 158 Å². The van der Waals surface area contributed by atoms with Crippen LogP contribution in [0.3, 0.4) is 0 Å². The molecule has 0 bridgehead atoms. The number of amides is 1. The Balaban J connectivity index is 2.01. The Morgan fingerprint density at radius 3 is 2.65 bits per heavy atom. The molecule has 1 aliphatic heterocycles. The number of rotatable bonds is 1. The first-order valence-electron chi connectivity index (χ1n) is 8.80. The lowest BCUT2D eigenvalue weighted by molar-refractivity contribution is -0.123. The molecule has 1 amide bonds. The van der Waals surface area contributed by atoms with Gasteiger partial charge in [0.2, 0.25) is 5.91 Å². The van der Waals surface area contributed by atoms with Crippen molar-refractivity contribution in [3.05, 3.63) is 64.8 Å². The molecule has 1 unspecified atom stereocenters. The Morgan fingerprint density at radius 2 is 1.88 bits per heavy atom. The number of pyridine rings is 1. The summed E-state index contributed by atoms with van der Waals surface area (Å²) in [5.74, 6) is -0.120. The van der Waals surface area contributed by atoms with Crippen molar-refractivity contribution in [2.75, 3.05) is 4.90 Å². The summed E-state index contributed by atoms with van der Waals surface area (Å²) in [6.45, 7) is 8.31. The number of fused-ring (bicyclic) bond motifs is 2. The van der Waals surface area contributed by atoms with Crippen molar-refractivity contribution in [3.63, 3.8) is 0 Å². The zero-order valence-corrected chi connectivity index (χ0v) is 16.1. The van der Waals surface area contributed by atoms with Crippen LogP contribution >= 0.6 is 11.6 Å². The molecule has 0 saturated heterocycles. The summed E-state index contributed by atoms with van der Waals surface area (Å²) in [5.41, 5.74) is 4.44. The molecule has 1 aromatic heterocycles. The van der Waals surface area contributed by atoms with Crippen molar-refractivity contribution in [1.82, 2.24) is 4.98 Å². The third-order valence-corrected chi connectivity index (χ3v) is 6.02. The first-order valence-corrected chi connectivity index (χ1v) is 9.18. The maximum atomic E-state index is 13.3. The largest absolute Gasteiger partial charge is 0.277 e. The zero-order valence-electron chi connectivity index (χ0n) is 15.4. The normalized spacial score (nSPS) is 18.9. The molecule has 3 nitrogen and oxygen atoms in total. The van der Waals surface area contributed by atoms with Gasteiger partial charge in [-0.3, -0.25) is 14.7 Å². The molecule has 0 saturated carbocycles. The van der Waals surface area contributed by atoms with E-state index < -0.39 is 0 Å². The van der Waals surface area contributed by atoms with Gasteiger partial charge in [-0.1, -0.05) is 56.6 Å². The van der Waals surface area contributed by atoms with E-state index in [9.17, 15) is 4.79 Å². The lowest BCUT2D eigenvalue weighted by Crippen LogP contribution is -2.47. The van der Waals surface area contributed by atoms with Crippen molar-refractivity contribution in [2.45, 2.75) is 33.1 Å². The summed E-state index contributed by atoms with van der Waals surface area (Å²) in [6.07, 6.45) is 1.76. The van der Waals surface area contributed by atoms with E-state index in [0.717, 1.165) is 33.4 Å². The van der Waals surface area contributed by atoms with Crippen LogP contribution in [0.2, 0.25) is 5.02 Å². The maximum absolute atomic E-state index is 13.3. The van der Waals surface area contributed by atoms with Crippen LogP contribution in [-0.4, -0.2) is 10.9 Å². The van der Waals surface area contributed by atoms with Gasteiger partial charge in [-0.05, 0) is 36.2 Å². The van der Waals surface area contributed by atoms with Crippen molar-refractivity contribution in [3.8, 4) is 0 Å². The number of carbonyl (C=O) groups is 1. The van der Waals surface area contributed by atoms with E-state index in [1.807, 2.05) is 49.4 Å². The fourth-order valence-corrected chi connectivity index (χ4v) is 4.21. The van der Waals surface area contributed by atoms with Crippen LogP contribution in [0.25, 0.3) is 10.9 Å². The van der Waals surface area contributed by atoms with Gasteiger partial charge in [-0.2, -0.15) is 0 Å². The molecule has 1 atom stereocenters. The van der Waals surface area contributed by atoms with Crippen LogP contribution in [-0.2, 0) is 10.2 Å². The highest BCUT2D eigenvalue weighted by atomic mass is 35.5. The molecule has 0 fully saturated rings. The third-order valence-electron chi connectivity index (χ3n) is 5.71. The molecule has 4 rings (SSSR count). The van der Waals surface area contributed by atoms with Crippen LogP contribution in [0.1, 0.15) is 31.9 Å². The smallest absolute Gasteiger partial charge is 0.235 e. The monoisotopic (exact) mass is 364 g/mol. The van der Waals surface area contributed by atoms with Gasteiger partial charge < -0.3 is 0 Å². The van der Waals surface area contributed by atoms with E-state index >= 15 is 0 Å². The SMILES string of the molecule is Cc1ccc(Cl)c2c1C(C)(C)C(C)C(=O)N2c1cnc2ccccc2c1. The van der Waals surface area contributed by atoms with E-state index in [0.29, 0.717) is 5.02 Å². The number of hydrogen-bond acceptors (Lipinski definition) is 2. The van der Waals surface area contributed by atoms with Crippen LogP contribution in [0.5, 0.6) is 0 Å². The van der Waals surface area contributed by atoms with Crippen molar-refractivity contribution < 1.29 is 4.79 Å². The predicted octanol–water partition coefficient (Wildman–Crippen LogP) is 5.79. The number of para-hydroxylation sites is 1. The van der Waals surface area contributed by atoms with Gasteiger partial charge in [0, 0.05) is 16.7 Å². The van der Waals surface area contributed by atoms with Crippen molar-refractivity contribution >= 4 is 39.8 Å². The van der Waals surface area contributed by atoms with Gasteiger partial charge in [-0.15, -0.1) is 0 Å². The topological polar surface area (TPSA) is 33.2 Å². The van der Waals surface area contributed by atoms with E-state index in [1.165, 1.54) is 0 Å². The van der Waals surface area contributed by atoms with Crippen LogP contribution in [0.15, 0.2) is 48.7 Å². The van der Waals surface area contributed by atoms with E-state index in [-0.39, 0.29) is 17.2 Å². The van der Waals surface area contributed by atoms with Crippen LogP contribution < -0.4 is 4.90 Å². The molecular formula is C22H21ClN2O. The highest BCUT2D eigenvalue weighted by Gasteiger charge is 2.45. The lowest BCUT2D eigenvalue weighted by atomic mass is 9.68. The Bertz CT molecular complexity index is 1040. The Hall–Kier alpha value is -2.39. The number of aryl methyl sites for hydroxylation is 1. The quantitative estimate of drug-likeness (QED) is 0.547. The van der Waals surface area contributed by atoms with E-state index in [4.69, 9.17) is 11.6 Å². The predicted molar refractivity (Wildman–Crippen MR) is 107 cm³/mol. The number of hydrogen-bond donors (Lipinski definition) is 0. The second kappa shape index (κ2) is 5.82. The highest BCUT2D eigenvalue weighted by Crippen LogP contribution is 2.50. The minimum absolute atomic E-state index is 0.0482. The Kier molecular flexibility index (Phi) is 3.81. The zero-order chi connectivity index (χ0) is 18.6. The number of anilines is 2. The molecule has 1 aliphatic rings. The molecule has 0 N–H and O–H groups in total. The second-order valence-corrected chi connectivity index (χ2v) is 8.00. The third kappa shape index (κ3) is 2.34. The molecule has 4 heteroatoms. The average Bonchev–Trinajstić information content (AvgIpc) is 2.62. The fourth-order valence-electron chi connectivity index (χ4n) is 3.97. The van der Waals surface area contributed by atoms with Gasteiger partial charge in [0.05, 0.1) is 28.1 Å². The second-order valence-electron chi connectivity index (χ2n) is 7.59. The van der Waals surface area contributed by atoms with Crippen LogP contribution in [0.4, 0.5) is 11.4 Å². The number of halogens is 1. The van der Waals surface area contributed by atoms with Crippen LogP contribution in [0, 0.1) is 12.8 Å². The summed E-state index contributed by atoms with van der Waals surface area (Å²) in [6, 6.07) is 13.8. The summed E-state index contributed by atoms with van der Waals surface area (Å²) in [5, 5.41) is 1.59. The van der Waals surface area contributed by atoms with Gasteiger partial charge in [0.25, 0.3) is 0 Å². The molecule has 2 heterocycles. The summed E-state index contributed by atoms with van der Waals surface area (Å²) in [4.78, 5) is 19.6. The van der Waals surface area contributed by atoms with Gasteiger partial charge in [-0.25, -0.2) is 0 Å². The first kappa shape index (κ1) is 17.0. The molecule has 26 heavy (non-hydrogen) atoms. The lowest BCUT2D eigenvalue weighted by Gasteiger charge is -2.44. The van der Waals surface area contributed by atoms with Crippen molar-refractivity contribution in [2.24, 2.45) is 5.92 Å². The standard InChI is InChI=1S/C22H21ClN2O/c1-13-9-10-17(23)20-19(13)22(3,4)14(2)21(26)25(20)16-11-15-7-5-6-8-18(15)24-12-16/h5-12,14H,1-4H3. The minimum Gasteiger partial charge on any atom is -0.277 e. The van der Waals surface area contributed by atoms with Gasteiger partial charge in [0.15, 0.2) is 0 Å². The first-order chi connectivity index (χ1) is 12.3.